The molecule has 0 aliphatic carbocycles. The molecule has 24 heavy (non-hydrogen) atoms. The minimum absolute atomic E-state index is 0.000710. The Labute approximate surface area is 139 Å². The molecule has 2 rings (SSSR count). The highest BCUT2D eigenvalue weighted by Crippen LogP contribution is 2.39. The van der Waals surface area contributed by atoms with E-state index in [1.807, 2.05) is 0 Å². The molecular weight excluding hydrogens is 378 g/mol. The minimum atomic E-state index is -4.83. The molecule has 1 heterocycles. The number of aliphatic carboxylic acids is 1. The van der Waals surface area contributed by atoms with Gasteiger partial charge < -0.3 is 5.11 Å². The molecule has 11 heteroatoms. The van der Waals surface area contributed by atoms with E-state index in [0.29, 0.717) is 4.31 Å². The predicted octanol–water partition coefficient (Wildman–Crippen LogP) is 2.50. The van der Waals surface area contributed by atoms with Crippen molar-refractivity contribution in [2.45, 2.75) is 11.9 Å². The number of benzene rings is 1. The minimum Gasteiger partial charge on any atom is -0.481 e. The summed E-state index contributed by atoms with van der Waals surface area (Å²) in [6, 6.07) is 3.23. The fraction of sp³-hybridized carbons (Fsp3) is 0.462. The van der Waals surface area contributed by atoms with Crippen molar-refractivity contribution in [1.82, 2.24) is 4.31 Å². The largest absolute Gasteiger partial charge is 0.481 e. The van der Waals surface area contributed by atoms with E-state index in [0.717, 1.165) is 12.1 Å². The van der Waals surface area contributed by atoms with Gasteiger partial charge in [-0.1, -0.05) is 17.7 Å². The van der Waals surface area contributed by atoms with Gasteiger partial charge in [-0.3, -0.25) is 4.79 Å². The van der Waals surface area contributed by atoms with Crippen molar-refractivity contribution in [3.8, 4) is 0 Å². The second-order valence-electron chi connectivity index (χ2n) is 5.41. The summed E-state index contributed by atoms with van der Waals surface area (Å²) in [6.45, 7) is -1.75. The lowest BCUT2D eigenvalue weighted by Crippen LogP contribution is -2.34. The Kier molecular flexibility index (Phi) is 5.12. The molecular formula is C13H12ClF4NO4S. The summed E-state index contributed by atoms with van der Waals surface area (Å²) in [5, 5.41) is 8.68. The maximum absolute atomic E-state index is 13.4. The van der Waals surface area contributed by atoms with Gasteiger partial charge in [0.1, 0.15) is 5.82 Å². The lowest BCUT2D eigenvalue weighted by molar-refractivity contribution is -0.187. The summed E-state index contributed by atoms with van der Waals surface area (Å²) < 4.78 is 77.1. The Hall–Kier alpha value is -1.39. The molecule has 134 valence electrons. The number of nitrogens with zero attached hydrogens (tertiary/aromatic N) is 1. The van der Waals surface area contributed by atoms with E-state index in [1.54, 1.807) is 0 Å². The first-order chi connectivity index (χ1) is 10.9. The fourth-order valence-electron chi connectivity index (χ4n) is 2.51. The highest BCUT2D eigenvalue weighted by Gasteiger charge is 2.54. The van der Waals surface area contributed by atoms with Gasteiger partial charge in [0, 0.05) is 13.1 Å². The van der Waals surface area contributed by atoms with Gasteiger partial charge in [-0.15, -0.1) is 0 Å². The summed E-state index contributed by atoms with van der Waals surface area (Å²) in [4.78, 5) is 11.0. The van der Waals surface area contributed by atoms with Crippen LogP contribution in [0.15, 0.2) is 18.2 Å². The van der Waals surface area contributed by atoms with Crippen LogP contribution in [-0.4, -0.2) is 43.1 Å². The van der Waals surface area contributed by atoms with Crippen molar-refractivity contribution in [2.75, 3.05) is 13.1 Å². The first-order valence-electron chi connectivity index (χ1n) is 6.63. The Bertz CT molecular complexity index is 753. The molecule has 1 fully saturated rings. The third-order valence-electron chi connectivity index (χ3n) is 3.75. The van der Waals surface area contributed by atoms with E-state index in [-0.39, 0.29) is 10.6 Å². The molecule has 1 aliphatic heterocycles. The van der Waals surface area contributed by atoms with Crippen LogP contribution in [0.3, 0.4) is 0 Å². The van der Waals surface area contributed by atoms with Crippen molar-refractivity contribution in [1.29, 1.82) is 0 Å². The zero-order valence-corrected chi connectivity index (χ0v) is 13.5. The third kappa shape index (κ3) is 3.98. The fourth-order valence-corrected chi connectivity index (χ4v) is 4.18. The van der Waals surface area contributed by atoms with Gasteiger partial charge in [-0.25, -0.2) is 17.1 Å². The molecule has 0 amide bonds. The van der Waals surface area contributed by atoms with Crippen molar-refractivity contribution in [3.63, 3.8) is 0 Å². The molecule has 0 bridgehead atoms. The number of hydrogen-bond donors (Lipinski definition) is 1. The zero-order chi connectivity index (χ0) is 18.3. The van der Waals surface area contributed by atoms with Crippen LogP contribution in [0.2, 0.25) is 5.02 Å². The molecule has 1 N–H and O–H groups in total. The number of halogens is 5. The van der Waals surface area contributed by atoms with Crippen LogP contribution in [-0.2, 0) is 20.6 Å². The highest BCUT2D eigenvalue weighted by atomic mass is 35.5. The van der Waals surface area contributed by atoms with E-state index in [2.05, 4.69) is 0 Å². The number of sulfonamides is 1. The molecule has 0 spiro atoms. The Balaban J connectivity index is 2.23. The summed E-state index contributed by atoms with van der Waals surface area (Å²) in [5.41, 5.74) is -0.000710. The Morgan fingerprint density at radius 1 is 1.33 bits per heavy atom. The van der Waals surface area contributed by atoms with E-state index >= 15 is 0 Å². The molecule has 1 aliphatic rings. The molecule has 2 atom stereocenters. The first-order valence-corrected chi connectivity index (χ1v) is 8.62. The van der Waals surface area contributed by atoms with Crippen LogP contribution in [0.5, 0.6) is 0 Å². The number of carbonyl (C=O) groups is 1. The average molecular weight is 390 g/mol. The molecule has 1 aromatic carbocycles. The molecule has 0 saturated carbocycles. The highest BCUT2D eigenvalue weighted by molar-refractivity contribution is 7.88. The van der Waals surface area contributed by atoms with Gasteiger partial charge in [0.15, 0.2) is 0 Å². The van der Waals surface area contributed by atoms with Gasteiger partial charge in [-0.2, -0.15) is 13.2 Å². The summed E-state index contributed by atoms with van der Waals surface area (Å²) in [6.07, 6.45) is -4.83. The maximum Gasteiger partial charge on any atom is 0.393 e. The lowest BCUT2D eigenvalue weighted by Gasteiger charge is -2.18. The Morgan fingerprint density at radius 3 is 2.42 bits per heavy atom. The number of carboxylic acids is 1. The van der Waals surface area contributed by atoms with Gasteiger partial charge >= 0.3 is 12.1 Å². The topological polar surface area (TPSA) is 74.7 Å². The number of hydrogen-bond acceptors (Lipinski definition) is 3. The van der Waals surface area contributed by atoms with Crippen molar-refractivity contribution in [3.05, 3.63) is 34.6 Å². The van der Waals surface area contributed by atoms with Gasteiger partial charge in [0.25, 0.3) is 0 Å². The van der Waals surface area contributed by atoms with Gasteiger partial charge in [0.05, 0.1) is 22.6 Å². The SMILES string of the molecule is O=C(O)[C@@H]1CN(S(=O)(=O)Cc2ccc(Cl)c(F)c2)C[C@H]1C(F)(F)F. The van der Waals surface area contributed by atoms with Crippen molar-refractivity contribution in [2.24, 2.45) is 11.8 Å². The van der Waals surface area contributed by atoms with E-state index in [1.165, 1.54) is 6.07 Å². The number of alkyl halides is 3. The van der Waals surface area contributed by atoms with E-state index in [4.69, 9.17) is 16.7 Å². The average Bonchev–Trinajstić information content (AvgIpc) is 2.89. The smallest absolute Gasteiger partial charge is 0.393 e. The van der Waals surface area contributed by atoms with E-state index < -0.39 is 58.7 Å². The molecule has 0 aromatic heterocycles. The summed E-state index contributed by atoms with van der Waals surface area (Å²) in [7, 11) is -4.24. The quantitative estimate of drug-likeness (QED) is 0.803. The van der Waals surface area contributed by atoms with Crippen LogP contribution in [0.25, 0.3) is 0 Å². The van der Waals surface area contributed by atoms with E-state index in [9.17, 15) is 30.8 Å². The number of rotatable bonds is 4. The zero-order valence-electron chi connectivity index (χ0n) is 11.9. The van der Waals surface area contributed by atoms with Crippen molar-refractivity contribution < 1.29 is 35.9 Å². The standard InChI is InChI=1S/C13H12ClF4NO4S/c14-10-2-1-7(3-11(10)15)6-24(22,23)19-4-8(12(20)21)9(5-19)13(16,17)18/h1-3,8-9H,4-6H2,(H,20,21)/t8-,9-/m1/s1. The second-order valence-corrected chi connectivity index (χ2v) is 7.79. The first kappa shape index (κ1) is 18.9. The van der Waals surface area contributed by atoms with Crippen LogP contribution in [0.1, 0.15) is 5.56 Å². The predicted molar refractivity (Wildman–Crippen MR) is 76.3 cm³/mol. The van der Waals surface area contributed by atoms with Gasteiger partial charge in [0.2, 0.25) is 10.0 Å². The van der Waals surface area contributed by atoms with Crippen LogP contribution < -0.4 is 0 Å². The number of carboxylic acid groups (broad SMARTS) is 1. The molecule has 5 nitrogen and oxygen atoms in total. The van der Waals surface area contributed by atoms with Gasteiger partial charge in [-0.05, 0) is 17.7 Å². The van der Waals surface area contributed by atoms with Crippen LogP contribution >= 0.6 is 11.6 Å². The maximum atomic E-state index is 13.4. The van der Waals surface area contributed by atoms with Crippen LogP contribution in [0.4, 0.5) is 17.6 Å². The lowest BCUT2D eigenvalue weighted by atomic mass is 9.96. The Morgan fingerprint density at radius 2 is 1.96 bits per heavy atom. The summed E-state index contributed by atoms with van der Waals surface area (Å²) >= 11 is 5.48. The summed E-state index contributed by atoms with van der Waals surface area (Å²) in [5.74, 6) is -7.48. The molecule has 0 unspecified atom stereocenters. The molecule has 1 saturated heterocycles. The molecule has 1 aromatic rings. The molecule has 0 radical (unpaired) electrons. The second kappa shape index (κ2) is 6.49. The monoisotopic (exact) mass is 389 g/mol. The van der Waals surface area contributed by atoms with Crippen molar-refractivity contribution >= 4 is 27.6 Å². The van der Waals surface area contributed by atoms with Crippen LogP contribution in [0, 0.1) is 17.7 Å². The third-order valence-corrected chi connectivity index (χ3v) is 5.84. The normalized spacial score (nSPS) is 22.7.